The molecule has 0 amide bonds. The number of aliphatic hydroxyl groups is 1. The number of pyridine rings is 2. The first-order chi connectivity index (χ1) is 9.10. The highest BCUT2D eigenvalue weighted by molar-refractivity contribution is 5.34. The van der Waals surface area contributed by atoms with Crippen molar-refractivity contribution in [2.24, 2.45) is 0 Å². The maximum absolute atomic E-state index is 9.56. The molecule has 0 aliphatic carbocycles. The van der Waals surface area contributed by atoms with E-state index in [1.54, 1.807) is 25.3 Å². The zero-order valence-electron chi connectivity index (χ0n) is 11.4. The number of rotatable bonds is 4. The van der Waals surface area contributed by atoms with Crippen molar-refractivity contribution in [3.05, 3.63) is 47.4 Å². The van der Waals surface area contributed by atoms with Gasteiger partial charge in [-0.25, -0.2) is 4.98 Å². The van der Waals surface area contributed by atoms with Crippen LogP contribution in [-0.2, 0) is 6.42 Å². The number of aromatic nitrogens is 2. The Hall–Kier alpha value is -1.94. The largest absolute Gasteiger partial charge is 0.437 e. The van der Waals surface area contributed by atoms with Crippen LogP contribution in [0.4, 0.5) is 0 Å². The standard InChI is InChI=1S/C15H18N2O2/c1-4-13-14(6-5-10(2)17-13)19-15-9-12(11(3)18)7-8-16-15/h5-9,11,18H,4H2,1-3H3/t11-/m0/s1. The second-order valence-corrected chi connectivity index (χ2v) is 4.46. The monoisotopic (exact) mass is 258 g/mol. The predicted octanol–water partition coefficient (Wildman–Crippen LogP) is 3.19. The van der Waals surface area contributed by atoms with Crippen LogP contribution >= 0.6 is 0 Å². The minimum atomic E-state index is -0.535. The summed E-state index contributed by atoms with van der Waals surface area (Å²) >= 11 is 0. The highest BCUT2D eigenvalue weighted by atomic mass is 16.5. The van der Waals surface area contributed by atoms with Crippen molar-refractivity contribution in [3.8, 4) is 11.6 Å². The average molecular weight is 258 g/mol. The van der Waals surface area contributed by atoms with Gasteiger partial charge in [0.15, 0.2) is 5.75 Å². The van der Waals surface area contributed by atoms with Crippen LogP contribution in [0.2, 0.25) is 0 Å². The smallest absolute Gasteiger partial charge is 0.219 e. The van der Waals surface area contributed by atoms with E-state index in [2.05, 4.69) is 9.97 Å². The first-order valence-electron chi connectivity index (χ1n) is 6.38. The van der Waals surface area contributed by atoms with Crippen LogP contribution in [-0.4, -0.2) is 15.1 Å². The average Bonchev–Trinajstić information content (AvgIpc) is 2.41. The van der Waals surface area contributed by atoms with Gasteiger partial charge in [-0.15, -0.1) is 0 Å². The molecule has 0 aliphatic rings. The molecule has 0 fully saturated rings. The van der Waals surface area contributed by atoms with E-state index < -0.39 is 6.10 Å². The van der Waals surface area contributed by atoms with Crippen molar-refractivity contribution in [2.45, 2.75) is 33.3 Å². The fourth-order valence-corrected chi connectivity index (χ4v) is 1.80. The number of hydrogen-bond donors (Lipinski definition) is 1. The molecule has 0 unspecified atom stereocenters. The predicted molar refractivity (Wildman–Crippen MR) is 73.3 cm³/mol. The molecule has 1 atom stereocenters. The van der Waals surface area contributed by atoms with Gasteiger partial charge in [0, 0.05) is 18.0 Å². The number of aliphatic hydroxyl groups excluding tert-OH is 1. The first kappa shape index (κ1) is 13.5. The lowest BCUT2D eigenvalue weighted by Crippen LogP contribution is -1.98. The van der Waals surface area contributed by atoms with E-state index in [1.165, 1.54) is 0 Å². The van der Waals surface area contributed by atoms with Crippen LogP contribution in [0.25, 0.3) is 0 Å². The van der Waals surface area contributed by atoms with Crippen LogP contribution in [0.15, 0.2) is 30.5 Å². The van der Waals surface area contributed by atoms with Gasteiger partial charge < -0.3 is 9.84 Å². The minimum Gasteiger partial charge on any atom is -0.437 e. The van der Waals surface area contributed by atoms with Gasteiger partial charge in [-0.2, -0.15) is 0 Å². The van der Waals surface area contributed by atoms with Crippen LogP contribution < -0.4 is 4.74 Å². The quantitative estimate of drug-likeness (QED) is 0.915. The second-order valence-electron chi connectivity index (χ2n) is 4.46. The summed E-state index contributed by atoms with van der Waals surface area (Å²) in [4.78, 5) is 8.60. The highest BCUT2D eigenvalue weighted by Gasteiger charge is 2.08. The Morgan fingerprint density at radius 1 is 1.32 bits per heavy atom. The molecular formula is C15H18N2O2. The van der Waals surface area contributed by atoms with Crippen molar-refractivity contribution in [1.29, 1.82) is 0 Å². The first-order valence-corrected chi connectivity index (χ1v) is 6.38. The van der Waals surface area contributed by atoms with E-state index in [-0.39, 0.29) is 0 Å². The number of nitrogens with zero attached hydrogens (tertiary/aromatic N) is 2. The van der Waals surface area contributed by atoms with Crippen LogP contribution in [0.1, 0.15) is 36.9 Å². The summed E-state index contributed by atoms with van der Waals surface area (Å²) < 4.78 is 5.76. The van der Waals surface area contributed by atoms with Gasteiger partial charge in [0.2, 0.25) is 5.88 Å². The minimum absolute atomic E-state index is 0.471. The summed E-state index contributed by atoms with van der Waals surface area (Å²) in [5.41, 5.74) is 2.65. The SMILES string of the molecule is CCc1nc(C)ccc1Oc1cc([C@H](C)O)ccn1. The summed E-state index contributed by atoms with van der Waals surface area (Å²) in [6, 6.07) is 7.32. The third-order valence-electron chi connectivity index (χ3n) is 2.86. The van der Waals surface area contributed by atoms with Gasteiger partial charge in [0.1, 0.15) is 0 Å². The molecule has 2 aromatic rings. The van der Waals surface area contributed by atoms with Crippen LogP contribution in [0.3, 0.4) is 0 Å². The van der Waals surface area contributed by atoms with Gasteiger partial charge in [0.25, 0.3) is 0 Å². The van der Waals surface area contributed by atoms with Gasteiger partial charge in [-0.05, 0) is 44.0 Å². The van der Waals surface area contributed by atoms with Crippen LogP contribution in [0.5, 0.6) is 11.6 Å². The van der Waals surface area contributed by atoms with Crippen molar-refractivity contribution in [2.75, 3.05) is 0 Å². The maximum atomic E-state index is 9.56. The van der Waals surface area contributed by atoms with Gasteiger partial charge in [-0.1, -0.05) is 6.92 Å². The fourth-order valence-electron chi connectivity index (χ4n) is 1.80. The Morgan fingerprint density at radius 2 is 2.11 bits per heavy atom. The molecule has 0 radical (unpaired) electrons. The van der Waals surface area contributed by atoms with Gasteiger partial charge >= 0.3 is 0 Å². The highest BCUT2D eigenvalue weighted by Crippen LogP contribution is 2.25. The van der Waals surface area contributed by atoms with E-state index in [0.717, 1.165) is 23.4 Å². The summed E-state index contributed by atoms with van der Waals surface area (Å²) in [7, 11) is 0. The number of ether oxygens (including phenoxy) is 1. The van der Waals surface area contributed by atoms with Gasteiger partial charge in [0.05, 0.1) is 11.8 Å². The van der Waals surface area contributed by atoms with E-state index in [0.29, 0.717) is 11.6 Å². The van der Waals surface area contributed by atoms with Crippen molar-refractivity contribution < 1.29 is 9.84 Å². The number of aryl methyl sites for hydroxylation is 2. The summed E-state index contributed by atoms with van der Waals surface area (Å²) in [5, 5.41) is 9.56. The van der Waals surface area contributed by atoms with E-state index in [9.17, 15) is 5.11 Å². The molecule has 0 bridgehead atoms. The zero-order valence-corrected chi connectivity index (χ0v) is 11.4. The molecule has 4 nitrogen and oxygen atoms in total. The molecule has 100 valence electrons. The van der Waals surface area contributed by atoms with E-state index in [4.69, 9.17) is 4.74 Å². The topological polar surface area (TPSA) is 55.2 Å². The third-order valence-corrected chi connectivity index (χ3v) is 2.86. The Morgan fingerprint density at radius 3 is 2.79 bits per heavy atom. The molecule has 0 aliphatic heterocycles. The lowest BCUT2D eigenvalue weighted by atomic mass is 10.2. The third kappa shape index (κ3) is 3.29. The molecule has 2 rings (SSSR count). The molecule has 19 heavy (non-hydrogen) atoms. The molecule has 0 saturated carbocycles. The molecule has 0 aromatic carbocycles. The number of hydrogen-bond acceptors (Lipinski definition) is 4. The maximum Gasteiger partial charge on any atom is 0.219 e. The Kier molecular flexibility index (Phi) is 4.12. The van der Waals surface area contributed by atoms with Crippen molar-refractivity contribution in [3.63, 3.8) is 0 Å². The Labute approximate surface area is 113 Å². The molecule has 2 heterocycles. The molecule has 0 spiro atoms. The molecule has 2 aromatic heterocycles. The lowest BCUT2D eigenvalue weighted by molar-refractivity contribution is 0.198. The fraction of sp³-hybridized carbons (Fsp3) is 0.333. The normalized spacial score (nSPS) is 12.2. The Balaban J connectivity index is 2.28. The molecule has 4 heteroatoms. The van der Waals surface area contributed by atoms with Crippen molar-refractivity contribution >= 4 is 0 Å². The lowest BCUT2D eigenvalue weighted by Gasteiger charge is -2.11. The van der Waals surface area contributed by atoms with Crippen LogP contribution in [0, 0.1) is 6.92 Å². The van der Waals surface area contributed by atoms with E-state index in [1.807, 2.05) is 26.0 Å². The molecular weight excluding hydrogens is 240 g/mol. The van der Waals surface area contributed by atoms with E-state index >= 15 is 0 Å². The van der Waals surface area contributed by atoms with Gasteiger partial charge in [-0.3, -0.25) is 4.98 Å². The summed E-state index contributed by atoms with van der Waals surface area (Å²) in [6.07, 6.45) is 1.89. The Bertz CT molecular complexity index is 568. The summed E-state index contributed by atoms with van der Waals surface area (Å²) in [6.45, 7) is 5.70. The summed E-state index contributed by atoms with van der Waals surface area (Å²) in [5.74, 6) is 1.18. The molecule has 0 saturated heterocycles. The second kappa shape index (κ2) is 5.80. The molecule has 1 N–H and O–H groups in total. The zero-order chi connectivity index (χ0) is 13.8. The van der Waals surface area contributed by atoms with Crippen molar-refractivity contribution in [1.82, 2.24) is 9.97 Å².